The Labute approximate surface area is 168 Å². The van der Waals surface area contributed by atoms with Crippen molar-refractivity contribution in [3.63, 3.8) is 0 Å². The van der Waals surface area contributed by atoms with Crippen molar-refractivity contribution in [2.75, 3.05) is 13.1 Å². The maximum absolute atomic E-state index is 12.2. The van der Waals surface area contributed by atoms with Crippen LogP contribution in [0.2, 0.25) is 0 Å². The second-order valence-electron chi connectivity index (χ2n) is 8.69. The fourth-order valence-corrected chi connectivity index (χ4v) is 3.46. The second-order valence-corrected chi connectivity index (χ2v) is 8.69. The molecule has 0 bridgehead atoms. The van der Waals surface area contributed by atoms with Crippen molar-refractivity contribution in [2.45, 2.75) is 124 Å². The molecule has 0 saturated carbocycles. The second kappa shape index (κ2) is 18.4. The highest BCUT2D eigenvalue weighted by Gasteiger charge is 2.26. The van der Waals surface area contributed by atoms with Gasteiger partial charge in [-0.15, -0.1) is 0 Å². The van der Waals surface area contributed by atoms with E-state index in [0.717, 1.165) is 12.8 Å². The Morgan fingerprint density at radius 2 is 1.19 bits per heavy atom. The van der Waals surface area contributed by atoms with Crippen LogP contribution in [-0.2, 0) is 4.79 Å². The Kier molecular flexibility index (Phi) is 17.8. The molecule has 0 aliphatic carbocycles. The molecule has 0 heterocycles. The van der Waals surface area contributed by atoms with Crippen LogP contribution in [0.4, 0.5) is 0 Å². The number of nitrogens with zero attached hydrogens (tertiary/aromatic N) is 1. The maximum Gasteiger partial charge on any atom is 0.225 e. The summed E-state index contributed by atoms with van der Waals surface area (Å²) in [5, 5.41) is 5.73. The van der Waals surface area contributed by atoms with E-state index in [2.05, 4.69) is 17.4 Å². The first-order chi connectivity index (χ1) is 13.0. The van der Waals surface area contributed by atoms with Crippen molar-refractivity contribution < 1.29 is 4.79 Å². The summed E-state index contributed by atoms with van der Waals surface area (Å²) in [6.45, 7) is 7.13. The highest BCUT2D eigenvalue weighted by atomic mass is 16.3. The molecule has 0 radical (unpaired) electrons. The fraction of sp³-hybridized carbons (Fsp3) is 0.957. The lowest BCUT2D eigenvalue weighted by molar-refractivity contribution is -0.129. The van der Waals surface area contributed by atoms with E-state index in [1.54, 1.807) is 0 Å². The normalized spacial score (nSPS) is 11.5. The molecule has 0 aromatic heterocycles. The van der Waals surface area contributed by atoms with E-state index in [9.17, 15) is 9.70 Å². The zero-order chi connectivity index (χ0) is 20.2. The van der Waals surface area contributed by atoms with Crippen LogP contribution in [-0.4, -0.2) is 19.0 Å². The molecule has 0 aromatic carbocycles. The number of unbranched alkanes of at least 4 members (excludes halogenated alkanes) is 13. The van der Waals surface area contributed by atoms with Crippen LogP contribution in [0.3, 0.4) is 0 Å². The van der Waals surface area contributed by atoms with Gasteiger partial charge in [-0.2, -0.15) is 4.91 Å². The van der Waals surface area contributed by atoms with E-state index < -0.39 is 0 Å². The Bertz CT molecular complexity index is 356. The SMILES string of the molecule is CCCCCCCCCCCCCCCCC(C)(C)C(=O)NCCCN=O. The lowest BCUT2D eigenvalue weighted by atomic mass is 9.85. The number of carbonyl (C=O) groups is 1. The number of carbonyl (C=O) groups excluding carboxylic acids is 1. The summed E-state index contributed by atoms with van der Waals surface area (Å²) in [5.41, 5.74) is -0.314. The molecular formula is C23H46N2O2. The van der Waals surface area contributed by atoms with Crippen LogP contribution in [0.5, 0.6) is 0 Å². The van der Waals surface area contributed by atoms with E-state index in [-0.39, 0.29) is 17.9 Å². The molecule has 27 heavy (non-hydrogen) atoms. The van der Waals surface area contributed by atoms with Crippen LogP contribution in [0.15, 0.2) is 5.18 Å². The van der Waals surface area contributed by atoms with Gasteiger partial charge in [0.15, 0.2) is 0 Å². The maximum atomic E-state index is 12.2. The summed E-state index contributed by atoms with van der Waals surface area (Å²) in [6, 6.07) is 0. The largest absolute Gasteiger partial charge is 0.356 e. The summed E-state index contributed by atoms with van der Waals surface area (Å²) in [7, 11) is 0. The Balaban J connectivity index is 3.41. The predicted octanol–water partition coefficient (Wildman–Crippen LogP) is 7.16. The van der Waals surface area contributed by atoms with E-state index >= 15 is 0 Å². The van der Waals surface area contributed by atoms with E-state index in [0.29, 0.717) is 13.0 Å². The van der Waals surface area contributed by atoms with Gasteiger partial charge < -0.3 is 5.32 Å². The quantitative estimate of drug-likeness (QED) is 0.179. The zero-order valence-electron chi connectivity index (χ0n) is 18.5. The van der Waals surface area contributed by atoms with Crippen molar-refractivity contribution in [2.24, 2.45) is 10.6 Å². The minimum Gasteiger partial charge on any atom is -0.356 e. The van der Waals surface area contributed by atoms with Crippen molar-refractivity contribution in [1.82, 2.24) is 5.32 Å². The smallest absolute Gasteiger partial charge is 0.225 e. The molecule has 0 unspecified atom stereocenters. The van der Waals surface area contributed by atoms with Crippen LogP contribution in [0.1, 0.15) is 124 Å². The molecule has 0 atom stereocenters. The third-order valence-electron chi connectivity index (χ3n) is 5.48. The number of hydrogen-bond donors (Lipinski definition) is 1. The highest BCUT2D eigenvalue weighted by molar-refractivity contribution is 5.81. The number of hydrogen-bond acceptors (Lipinski definition) is 3. The molecule has 4 heteroatoms. The van der Waals surface area contributed by atoms with Crippen LogP contribution < -0.4 is 5.32 Å². The third kappa shape index (κ3) is 16.9. The van der Waals surface area contributed by atoms with Gasteiger partial charge in [-0.3, -0.25) is 4.79 Å². The van der Waals surface area contributed by atoms with Gasteiger partial charge in [0, 0.05) is 12.0 Å². The van der Waals surface area contributed by atoms with Crippen LogP contribution in [0, 0.1) is 10.3 Å². The van der Waals surface area contributed by atoms with E-state index in [4.69, 9.17) is 0 Å². The lowest BCUT2D eigenvalue weighted by Gasteiger charge is -2.23. The first-order valence-electron chi connectivity index (χ1n) is 11.6. The highest BCUT2D eigenvalue weighted by Crippen LogP contribution is 2.24. The first-order valence-corrected chi connectivity index (χ1v) is 11.6. The average molecular weight is 383 g/mol. The number of amides is 1. The molecule has 0 rings (SSSR count). The summed E-state index contributed by atoms with van der Waals surface area (Å²) >= 11 is 0. The molecule has 0 aliphatic rings. The molecular weight excluding hydrogens is 336 g/mol. The monoisotopic (exact) mass is 382 g/mol. The van der Waals surface area contributed by atoms with Gasteiger partial charge in [-0.1, -0.05) is 116 Å². The molecule has 160 valence electrons. The zero-order valence-corrected chi connectivity index (χ0v) is 18.5. The van der Waals surface area contributed by atoms with Crippen molar-refractivity contribution in [1.29, 1.82) is 0 Å². The Morgan fingerprint density at radius 3 is 1.63 bits per heavy atom. The van der Waals surface area contributed by atoms with Gasteiger partial charge in [-0.25, -0.2) is 0 Å². The molecule has 0 fully saturated rings. The van der Waals surface area contributed by atoms with Gasteiger partial charge in [0.25, 0.3) is 0 Å². The van der Waals surface area contributed by atoms with Gasteiger partial charge in [0.05, 0.1) is 6.54 Å². The van der Waals surface area contributed by atoms with Gasteiger partial charge in [0.1, 0.15) is 0 Å². The molecule has 1 N–H and O–H groups in total. The topological polar surface area (TPSA) is 58.5 Å². The Morgan fingerprint density at radius 1 is 0.741 bits per heavy atom. The van der Waals surface area contributed by atoms with Gasteiger partial charge >= 0.3 is 0 Å². The van der Waals surface area contributed by atoms with Gasteiger partial charge in [0.2, 0.25) is 5.91 Å². The molecule has 0 aromatic rings. The van der Waals surface area contributed by atoms with Gasteiger partial charge in [-0.05, 0) is 12.8 Å². The van der Waals surface area contributed by atoms with E-state index in [1.807, 2.05) is 13.8 Å². The summed E-state index contributed by atoms with van der Waals surface area (Å²) in [4.78, 5) is 22.2. The summed E-state index contributed by atoms with van der Waals surface area (Å²) in [5.74, 6) is 0.100. The minimum atomic E-state index is -0.314. The number of rotatable bonds is 20. The molecule has 1 amide bonds. The average Bonchev–Trinajstić information content (AvgIpc) is 2.65. The molecule has 4 nitrogen and oxygen atoms in total. The predicted molar refractivity (Wildman–Crippen MR) is 117 cm³/mol. The number of nitrogens with one attached hydrogen (secondary N) is 1. The van der Waals surface area contributed by atoms with Crippen LogP contribution in [0.25, 0.3) is 0 Å². The van der Waals surface area contributed by atoms with Crippen LogP contribution >= 0.6 is 0 Å². The fourth-order valence-electron chi connectivity index (χ4n) is 3.46. The number of nitroso groups, excluding NO2 is 1. The molecule has 0 aliphatic heterocycles. The molecule has 0 saturated heterocycles. The summed E-state index contributed by atoms with van der Waals surface area (Å²) in [6.07, 6.45) is 20.6. The third-order valence-corrected chi connectivity index (χ3v) is 5.48. The standard InChI is InChI=1S/C23H46N2O2/c1-4-5-6-7-8-9-10-11-12-13-14-15-16-17-19-23(2,3)22(26)24-20-18-21-25-27/h4-21H2,1-3H3,(H,24,26). The molecule has 0 spiro atoms. The first kappa shape index (κ1) is 26.1. The Hall–Kier alpha value is -0.930. The van der Waals surface area contributed by atoms with Crippen molar-refractivity contribution >= 4 is 5.91 Å². The lowest BCUT2D eigenvalue weighted by Crippen LogP contribution is -2.37. The van der Waals surface area contributed by atoms with E-state index in [1.165, 1.54) is 83.5 Å². The summed E-state index contributed by atoms with van der Waals surface area (Å²) < 4.78 is 0. The van der Waals surface area contributed by atoms with Crippen molar-refractivity contribution in [3.05, 3.63) is 4.91 Å². The van der Waals surface area contributed by atoms with Crippen molar-refractivity contribution in [3.8, 4) is 0 Å². The minimum absolute atomic E-state index is 0.100.